The molecule has 11 rings (SSSR count). The fraction of sp³-hybridized carbons (Fsp3) is 0.0408. The van der Waals surface area contributed by atoms with Crippen molar-refractivity contribution in [2.24, 2.45) is 0 Å². The number of nitrogens with zero attached hydrogens (tertiary/aromatic N) is 5. The van der Waals surface area contributed by atoms with E-state index in [1.54, 1.807) is 11.3 Å². The minimum Gasteiger partial charge on any atom is -0.227 e. The average Bonchev–Trinajstić information content (AvgIpc) is 3.85. The Morgan fingerprint density at radius 3 is 1.79 bits per heavy atom. The van der Waals surface area contributed by atoms with Gasteiger partial charge >= 0.3 is 0 Å². The summed E-state index contributed by atoms with van der Waals surface area (Å²) < 4.78 is 2.35. The van der Waals surface area contributed by atoms with Crippen LogP contribution in [-0.4, -0.2) is 30.2 Å². The molecule has 0 N–H and O–H groups in total. The van der Waals surface area contributed by atoms with Gasteiger partial charge in [-0.15, -0.1) is 23.1 Å². The summed E-state index contributed by atoms with van der Waals surface area (Å²) in [4.78, 5) is 27.0. The largest absolute Gasteiger partial charge is 0.227 e. The number of fused-ring (bicyclic) bond motifs is 6. The van der Waals surface area contributed by atoms with Crippen molar-refractivity contribution in [2.75, 3.05) is 0 Å². The van der Waals surface area contributed by atoms with E-state index in [9.17, 15) is 0 Å². The third kappa shape index (κ3) is 5.75. The van der Waals surface area contributed by atoms with Crippen LogP contribution in [0.5, 0.6) is 0 Å². The molecule has 0 radical (unpaired) electrons. The van der Waals surface area contributed by atoms with Crippen LogP contribution in [0.15, 0.2) is 181 Å². The summed E-state index contributed by atoms with van der Waals surface area (Å²) in [5.74, 6) is 2.90. The number of thiophene rings is 1. The van der Waals surface area contributed by atoms with E-state index < -0.39 is 0 Å². The van der Waals surface area contributed by atoms with E-state index in [4.69, 9.17) is 24.9 Å². The summed E-state index contributed by atoms with van der Waals surface area (Å²) in [5.41, 5.74) is 10.7. The first-order valence-electron chi connectivity index (χ1n) is 18.7. The average molecular weight is 754 g/mol. The number of benzene rings is 6. The Bertz CT molecular complexity index is 3010. The lowest BCUT2D eigenvalue weighted by Gasteiger charge is -2.23. The second-order valence-corrected chi connectivity index (χ2v) is 16.2. The number of rotatable bonds is 6. The van der Waals surface area contributed by atoms with Crippen molar-refractivity contribution >= 4 is 49.0 Å². The predicted molar refractivity (Wildman–Crippen MR) is 231 cm³/mol. The Labute approximate surface area is 332 Å². The fourth-order valence-electron chi connectivity index (χ4n) is 7.79. The van der Waals surface area contributed by atoms with Gasteiger partial charge in [0.15, 0.2) is 23.3 Å². The third-order valence-corrected chi connectivity index (χ3v) is 13.1. The van der Waals surface area contributed by atoms with Crippen LogP contribution >= 0.6 is 23.1 Å². The molecule has 0 spiro atoms. The highest BCUT2D eigenvalue weighted by molar-refractivity contribution is 8.00. The topological polar surface area (TPSA) is 64.5 Å². The van der Waals surface area contributed by atoms with Gasteiger partial charge in [0.05, 0.1) is 15.9 Å². The van der Waals surface area contributed by atoms with Crippen molar-refractivity contribution in [3.63, 3.8) is 0 Å². The number of aromatic nitrogens is 5. The molecule has 5 nitrogen and oxygen atoms in total. The summed E-state index contributed by atoms with van der Waals surface area (Å²) >= 11 is 3.68. The SMILES string of the molecule is C1=CC2c3ccc(-c4nc(-c5ccccc5)nc(-c5cccc(-c6ccccc6)c5)n4)cc3SC2C(c2nc(-c3ccccc3)nc3c2sc2ccccc23)=C1. The van der Waals surface area contributed by atoms with Gasteiger partial charge in [-0.1, -0.05) is 158 Å². The van der Waals surface area contributed by atoms with Gasteiger partial charge in [-0.2, -0.15) is 0 Å². The highest BCUT2D eigenvalue weighted by Crippen LogP contribution is 2.54. The van der Waals surface area contributed by atoms with Gasteiger partial charge in [0, 0.05) is 48.4 Å². The number of thioether (sulfide) groups is 1. The monoisotopic (exact) mass is 753 g/mol. The Hall–Kier alpha value is -6.54. The van der Waals surface area contributed by atoms with Gasteiger partial charge < -0.3 is 0 Å². The van der Waals surface area contributed by atoms with E-state index >= 15 is 0 Å². The third-order valence-electron chi connectivity index (χ3n) is 10.5. The zero-order valence-electron chi connectivity index (χ0n) is 30.0. The molecule has 4 heterocycles. The van der Waals surface area contributed by atoms with Crippen LogP contribution in [0, 0.1) is 0 Å². The van der Waals surface area contributed by atoms with Gasteiger partial charge in [-0.05, 0) is 40.5 Å². The molecule has 56 heavy (non-hydrogen) atoms. The van der Waals surface area contributed by atoms with Crippen LogP contribution in [-0.2, 0) is 0 Å². The second kappa shape index (κ2) is 13.6. The van der Waals surface area contributed by atoms with Crippen molar-refractivity contribution in [1.82, 2.24) is 24.9 Å². The van der Waals surface area contributed by atoms with E-state index in [1.807, 2.05) is 54.2 Å². The maximum Gasteiger partial charge on any atom is 0.164 e. The molecule has 6 aromatic carbocycles. The number of allylic oxidation sites excluding steroid dienone is 3. The normalized spacial score (nSPS) is 15.8. The Balaban J connectivity index is 0.999. The van der Waals surface area contributed by atoms with Crippen LogP contribution in [0.3, 0.4) is 0 Å². The van der Waals surface area contributed by atoms with E-state index in [-0.39, 0.29) is 11.2 Å². The summed E-state index contributed by atoms with van der Waals surface area (Å²) in [6.07, 6.45) is 6.80. The first-order chi connectivity index (χ1) is 27.7. The molecule has 0 fully saturated rings. The minimum atomic E-state index is 0.159. The molecule has 1 aliphatic carbocycles. The quantitative estimate of drug-likeness (QED) is 0.168. The van der Waals surface area contributed by atoms with Gasteiger partial charge in [0.1, 0.15) is 0 Å². The molecular formula is C49H31N5S2. The second-order valence-electron chi connectivity index (χ2n) is 14.0. The first kappa shape index (κ1) is 32.9. The maximum absolute atomic E-state index is 5.34. The molecule has 2 aliphatic rings. The Morgan fingerprint density at radius 2 is 1.05 bits per heavy atom. The van der Waals surface area contributed by atoms with Crippen LogP contribution in [0.1, 0.15) is 17.2 Å². The molecule has 0 bridgehead atoms. The predicted octanol–water partition coefficient (Wildman–Crippen LogP) is 12.6. The lowest BCUT2D eigenvalue weighted by molar-refractivity contribution is 0.889. The molecule has 2 unspecified atom stereocenters. The number of hydrogen-bond donors (Lipinski definition) is 0. The van der Waals surface area contributed by atoms with E-state index in [0.717, 1.165) is 55.1 Å². The van der Waals surface area contributed by atoms with Crippen molar-refractivity contribution in [3.05, 3.63) is 187 Å². The van der Waals surface area contributed by atoms with Gasteiger partial charge in [-0.3, -0.25) is 0 Å². The molecule has 3 aromatic heterocycles. The van der Waals surface area contributed by atoms with Crippen molar-refractivity contribution < 1.29 is 0 Å². The molecule has 0 amide bonds. The van der Waals surface area contributed by atoms with Crippen LogP contribution in [0.25, 0.3) is 82.6 Å². The zero-order chi connectivity index (χ0) is 37.0. The highest BCUT2D eigenvalue weighted by Gasteiger charge is 2.38. The molecular weight excluding hydrogens is 723 g/mol. The van der Waals surface area contributed by atoms with Crippen LogP contribution in [0.4, 0.5) is 0 Å². The Kier molecular flexibility index (Phi) is 8.00. The van der Waals surface area contributed by atoms with Crippen molar-refractivity contribution in [1.29, 1.82) is 0 Å². The van der Waals surface area contributed by atoms with Crippen molar-refractivity contribution in [2.45, 2.75) is 16.1 Å². The molecule has 2 atom stereocenters. The molecule has 7 heteroatoms. The lowest BCUT2D eigenvalue weighted by Crippen LogP contribution is -2.14. The van der Waals surface area contributed by atoms with E-state index in [1.165, 1.54) is 26.1 Å². The lowest BCUT2D eigenvalue weighted by atomic mass is 9.86. The summed E-state index contributed by atoms with van der Waals surface area (Å²) in [6.45, 7) is 0. The van der Waals surface area contributed by atoms with Crippen molar-refractivity contribution in [3.8, 4) is 56.7 Å². The Morgan fingerprint density at radius 1 is 0.464 bits per heavy atom. The molecule has 0 saturated heterocycles. The summed E-state index contributed by atoms with van der Waals surface area (Å²) in [7, 11) is 0. The van der Waals surface area contributed by atoms with Crippen LogP contribution in [0.2, 0.25) is 0 Å². The van der Waals surface area contributed by atoms with E-state index in [2.05, 4.69) is 133 Å². The van der Waals surface area contributed by atoms with Gasteiger partial charge in [0.2, 0.25) is 0 Å². The molecule has 1 aliphatic heterocycles. The standard InChI is InChI=1S/C49H31N5S2/c1-4-14-30(15-5-1)33-20-12-21-34(28-33)48-52-47(32-18-8-3-9-19-32)53-49(54-48)35-26-27-36-37-23-13-24-39(44(37)56-41(36)29-35)43-45-42(38-22-10-11-25-40(38)55-45)50-46(51-43)31-16-6-2-7-17-31/h1-29,37,44H. The fourth-order valence-corrected chi connectivity index (χ4v) is 10.5. The zero-order valence-corrected chi connectivity index (χ0v) is 31.6. The molecule has 0 saturated carbocycles. The highest BCUT2D eigenvalue weighted by atomic mass is 32.2. The van der Waals surface area contributed by atoms with Gasteiger partial charge in [-0.25, -0.2) is 24.9 Å². The minimum absolute atomic E-state index is 0.159. The molecule has 264 valence electrons. The van der Waals surface area contributed by atoms with Gasteiger partial charge in [0.25, 0.3) is 0 Å². The summed E-state index contributed by atoms with van der Waals surface area (Å²) in [6, 6.07) is 54.6. The molecule has 9 aromatic rings. The maximum atomic E-state index is 5.34. The van der Waals surface area contributed by atoms with Crippen LogP contribution < -0.4 is 0 Å². The smallest absolute Gasteiger partial charge is 0.164 e. The first-order valence-corrected chi connectivity index (χ1v) is 20.3. The summed E-state index contributed by atoms with van der Waals surface area (Å²) in [5, 5.41) is 1.33. The number of hydrogen-bond acceptors (Lipinski definition) is 7. The van der Waals surface area contributed by atoms with E-state index in [0.29, 0.717) is 17.5 Å².